The lowest BCUT2D eigenvalue weighted by atomic mass is 10.3. The van der Waals surface area contributed by atoms with Gasteiger partial charge in [0.05, 0.1) is 18.0 Å². The summed E-state index contributed by atoms with van der Waals surface area (Å²) >= 11 is 0. The first kappa shape index (κ1) is 15.6. The van der Waals surface area contributed by atoms with Gasteiger partial charge >= 0.3 is 0 Å². The Morgan fingerprint density at radius 1 is 1.33 bits per heavy atom. The monoisotopic (exact) mass is 312 g/mol. The molecule has 2 N–H and O–H groups in total. The number of nitrogens with one attached hydrogen (secondary N) is 1. The number of hydrogen-bond donors (Lipinski definition) is 2. The topological polar surface area (TPSA) is 89.2 Å². The molecule has 2 aromatic rings. The number of aromatic nitrogens is 3. The Morgan fingerprint density at radius 3 is 2.57 bits per heavy atom. The minimum Gasteiger partial charge on any atom is -0.390 e. The van der Waals surface area contributed by atoms with E-state index in [2.05, 4.69) is 9.82 Å². The second-order valence-electron chi connectivity index (χ2n) is 4.73. The molecule has 2 aromatic heterocycles. The largest absolute Gasteiger partial charge is 0.390 e. The summed E-state index contributed by atoms with van der Waals surface area (Å²) in [7, 11) is -1.95. The van der Waals surface area contributed by atoms with E-state index in [1.54, 1.807) is 22.5 Å². The zero-order valence-corrected chi connectivity index (χ0v) is 13.2. The zero-order chi connectivity index (χ0) is 15.6. The van der Waals surface area contributed by atoms with Gasteiger partial charge in [-0.15, -0.1) is 0 Å². The van der Waals surface area contributed by atoms with Gasteiger partial charge < -0.3 is 9.67 Å². The Bertz CT molecular complexity index is 709. The number of nitrogens with zero attached hydrogens (tertiary/aromatic N) is 3. The first-order valence-corrected chi connectivity index (χ1v) is 8.24. The number of rotatable bonds is 6. The number of sulfonamides is 1. The van der Waals surface area contributed by atoms with E-state index in [1.165, 1.54) is 12.3 Å². The molecule has 0 atom stereocenters. The van der Waals surface area contributed by atoms with Crippen molar-refractivity contribution in [1.29, 1.82) is 0 Å². The van der Waals surface area contributed by atoms with Crippen molar-refractivity contribution in [3.8, 4) is 0 Å². The molecule has 0 bridgehead atoms. The van der Waals surface area contributed by atoms with E-state index in [1.807, 2.05) is 13.8 Å². The van der Waals surface area contributed by atoms with Crippen molar-refractivity contribution in [2.24, 2.45) is 7.05 Å². The van der Waals surface area contributed by atoms with Crippen molar-refractivity contribution in [2.75, 3.05) is 4.72 Å². The van der Waals surface area contributed by atoms with Gasteiger partial charge in [-0.3, -0.25) is 9.40 Å². The average molecular weight is 312 g/mol. The maximum Gasteiger partial charge on any atom is 0.263 e. The van der Waals surface area contributed by atoms with Crippen LogP contribution in [0.25, 0.3) is 0 Å². The maximum absolute atomic E-state index is 12.4. The fourth-order valence-electron chi connectivity index (χ4n) is 2.18. The Kier molecular flexibility index (Phi) is 4.38. The SMILES string of the molecule is CCc1nn(C)cc1NS(=O)(=O)c1cc(CO)n(CC)c1. The van der Waals surface area contributed by atoms with Crippen LogP contribution < -0.4 is 4.72 Å². The lowest BCUT2D eigenvalue weighted by Crippen LogP contribution is -2.13. The standard InChI is InChI=1S/C13H20N4O3S/c1-4-12-13(8-16(3)14-12)15-21(19,20)11-6-10(9-18)17(5-2)7-11/h6-8,15,18H,4-5,9H2,1-3H3. The molecule has 0 radical (unpaired) electrons. The molecule has 0 fully saturated rings. The molecule has 8 heteroatoms. The van der Waals surface area contributed by atoms with Crippen LogP contribution in [0.2, 0.25) is 0 Å². The second kappa shape index (κ2) is 5.90. The summed E-state index contributed by atoms with van der Waals surface area (Å²) in [6.07, 6.45) is 3.80. The molecule has 0 saturated heterocycles. The van der Waals surface area contributed by atoms with E-state index < -0.39 is 10.0 Å². The van der Waals surface area contributed by atoms with E-state index >= 15 is 0 Å². The third kappa shape index (κ3) is 3.11. The summed E-state index contributed by atoms with van der Waals surface area (Å²) in [4.78, 5) is 0.138. The summed E-state index contributed by atoms with van der Waals surface area (Å²) in [5, 5.41) is 13.5. The van der Waals surface area contributed by atoms with Gasteiger partial charge in [0.15, 0.2) is 0 Å². The van der Waals surface area contributed by atoms with Crippen molar-refractivity contribution in [3.63, 3.8) is 0 Å². The van der Waals surface area contributed by atoms with Crippen molar-refractivity contribution in [2.45, 2.75) is 38.3 Å². The van der Waals surface area contributed by atoms with Crippen LogP contribution in [-0.2, 0) is 36.6 Å². The van der Waals surface area contributed by atoms with Crippen LogP contribution in [0.15, 0.2) is 23.4 Å². The van der Waals surface area contributed by atoms with Gasteiger partial charge in [0.1, 0.15) is 4.90 Å². The molecular formula is C13H20N4O3S. The molecule has 0 aromatic carbocycles. The highest BCUT2D eigenvalue weighted by Gasteiger charge is 2.20. The Hall–Kier alpha value is -1.80. The van der Waals surface area contributed by atoms with Crippen molar-refractivity contribution < 1.29 is 13.5 Å². The Balaban J connectivity index is 2.36. The smallest absolute Gasteiger partial charge is 0.263 e. The van der Waals surface area contributed by atoms with Crippen LogP contribution >= 0.6 is 0 Å². The zero-order valence-electron chi connectivity index (χ0n) is 12.4. The minimum absolute atomic E-state index is 0.138. The number of aliphatic hydroxyl groups excluding tert-OH is 1. The number of hydrogen-bond acceptors (Lipinski definition) is 4. The summed E-state index contributed by atoms with van der Waals surface area (Å²) < 4.78 is 30.7. The fourth-order valence-corrected chi connectivity index (χ4v) is 3.32. The number of anilines is 1. The molecule has 116 valence electrons. The van der Waals surface area contributed by atoms with Gasteiger partial charge in [0.2, 0.25) is 0 Å². The van der Waals surface area contributed by atoms with Gasteiger partial charge in [-0.25, -0.2) is 8.42 Å². The molecule has 2 rings (SSSR count). The molecule has 0 saturated carbocycles. The molecule has 0 amide bonds. The predicted molar refractivity (Wildman–Crippen MR) is 79.4 cm³/mol. The highest BCUT2D eigenvalue weighted by Crippen LogP contribution is 2.21. The average Bonchev–Trinajstić information content (AvgIpc) is 3.01. The molecule has 0 aliphatic heterocycles. The molecule has 21 heavy (non-hydrogen) atoms. The number of aryl methyl sites for hydroxylation is 3. The van der Waals surface area contributed by atoms with Crippen molar-refractivity contribution >= 4 is 15.7 Å². The van der Waals surface area contributed by atoms with Gasteiger partial charge in [-0.05, 0) is 19.4 Å². The van der Waals surface area contributed by atoms with Crippen molar-refractivity contribution in [3.05, 3.63) is 29.8 Å². The van der Waals surface area contributed by atoms with Crippen LogP contribution in [0.3, 0.4) is 0 Å². The lowest BCUT2D eigenvalue weighted by molar-refractivity contribution is 0.271. The van der Waals surface area contributed by atoms with Crippen molar-refractivity contribution in [1.82, 2.24) is 14.3 Å². The molecule has 2 heterocycles. The van der Waals surface area contributed by atoms with Crippen LogP contribution in [0.5, 0.6) is 0 Å². The van der Waals surface area contributed by atoms with E-state index in [9.17, 15) is 13.5 Å². The maximum atomic E-state index is 12.4. The molecule has 0 unspecified atom stereocenters. The third-order valence-electron chi connectivity index (χ3n) is 3.26. The van der Waals surface area contributed by atoms with Crippen LogP contribution in [0.4, 0.5) is 5.69 Å². The second-order valence-corrected chi connectivity index (χ2v) is 6.42. The summed E-state index contributed by atoms with van der Waals surface area (Å²) in [6, 6.07) is 1.48. The van der Waals surface area contributed by atoms with Gasteiger partial charge in [0.25, 0.3) is 10.0 Å². The molecule has 0 aliphatic rings. The van der Waals surface area contributed by atoms with Gasteiger partial charge in [-0.2, -0.15) is 5.10 Å². The minimum atomic E-state index is -3.69. The van der Waals surface area contributed by atoms with Crippen LogP contribution in [0, 0.1) is 0 Å². The first-order chi connectivity index (χ1) is 9.91. The highest BCUT2D eigenvalue weighted by molar-refractivity contribution is 7.92. The molecular weight excluding hydrogens is 292 g/mol. The first-order valence-electron chi connectivity index (χ1n) is 6.76. The van der Waals surface area contributed by atoms with Crippen LogP contribution in [0.1, 0.15) is 25.2 Å². The van der Waals surface area contributed by atoms with Gasteiger partial charge in [-0.1, -0.05) is 6.92 Å². The molecule has 0 spiro atoms. The van der Waals surface area contributed by atoms with E-state index in [0.29, 0.717) is 30.0 Å². The Labute approximate surface area is 124 Å². The van der Waals surface area contributed by atoms with Gasteiger partial charge in [0, 0.05) is 31.7 Å². The summed E-state index contributed by atoms with van der Waals surface area (Å²) in [5.41, 5.74) is 1.74. The Morgan fingerprint density at radius 2 is 2.05 bits per heavy atom. The van der Waals surface area contributed by atoms with E-state index in [4.69, 9.17) is 0 Å². The number of aliphatic hydroxyl groups is 1. The van der Waals surface area contributed by atoms with E-state index in [-0.39, 0.29) is 11.5 Å². The molecule has 0 aliphatic carbocycles. The van der Waals surface area contributed by atoms with E-state index in [0.717, 1.165) is 0 Å². The quantitative estimate of drug-likeness (QED) is 0.836. The third-order valence-corrected chi connectivity index (χ3v) is 4.59. The fraction of sp³-hybridized carbons (Fsp3) is 0.462. The normalized spacial score (nSPS) is 11.8. The predicted octanol–water partition coefficient (Wildman–Crippen LogP) is 1.10. The summed E-state index contributed by atoms with van der Waals surface area (Å²) in [5.74, 6) is 0. The van der Waals surface area contributed by atoms with Crippen LogP contribution in [-0.4, -0.2) is 27.9 Å². The lowest BCUT2D eigenvalue weighted by Gasteiger charge is -2.05. The highest BCUT2D eigenvalue weighted by atomic mass is 32.2. The molecule has 7 nitrogen and oxygen atoms in total. The summed E-state index contributed by atoms with van der Waals surface area (Å²) in [6.45, 7) is 4.20.